The van der Waals surface area contributed by atoms with Crippen molar-refractivity contribution in [1.29, 1.82) is 0 Å². The maximum absolute atomic E-state index is 6.32. The largest absolute Gasteiger partial charge is 0.311 e. The summed E-state index contributed by atoms with van der Waals surface area (Å²) in [5.41, 5.74) is 2.27. The third-order valence-corrected chi connectivity index (χ3v) is 5.15. The van der Waals surface area contributed by atoms with Gasteiger partial charge in [-0.1, -0.05) is 11.6 Å². The van der Waals surface area contributed by atoms with Gasteiger partial charge in [0.1, 0.15) is 11.3 Å². The third kappa shape index (κ3) is 2.03. The fourth-order valence-corrected chi connectivity index (χ4v) is 3.65. The molecule has 0 radical (unpaired) electrons. The normalized spacial score (nSPS) is 22.1. The van der Waals surface area contributed by atoms with Crippen LogP contribution in [-0.2, 0) is 6.54 Å². The van der Waals surface area contributed by atoms with Gasteiger partial charge in [-0.3, -0.25) is 0 Å². The molecule has 2 heterocycles. The van der Waals surface area contributed by atoms with Crippen molar-refractivity contribution < 1.29 is 0 Å². The highest BCUT2D eigenvalue weighted by Crippen LogP contribution is 2.62. The van der Waals surface area contributed by atoms with Crippen molar-refractivity contribution in [3.05, 3.63) is 23.1 Å². The highest BCUT2D eigenvalue weighted by molar-refractivity contribution is 6.31. The Hall–Kier alpha value is -0.800. The SMILES string of the molecule is CC(Cl)c1nc2cc(Cl)cnc2n1CC1(C2CC2)CC1. The molecule has 0 aliphatic heterocycles. The zero-order valence-electron chi connectivity index (χ0n) is 11.4. The Balaban J connectivity index is 1.81. The van der Waals surface area contributed by atoms with Gasteiger partial charge in [0.05, 0.1) is 10.4 Å². The first-order chi connectivity index (χ1) is 9.59. The van der Waals surface area contributed by atoms with Crippen molar-refractivity contribution >= 4 is 34.4 Å². The Labute approximate surface area is 128 Å². The number of nitrogens with zero attached hydrogens (tertiary/aromatic N) is 3. The lowest BCUT2D eigenvalue weighted by Gasteiger charge is -2.18. The van der Waals surface area contributed by atoms with E-state index in [0.29, 0.717) is 10.4 Å². The van der Waals surface area contributed by atoms with Gasteiger partial charge in [-0.25, -0.2) is 9.97 Å². The molecular weight excluding hydrogens is 293 g/mol. The van der Waals surface area contributed by atoms with Crippen molar-refractivity contribution in [2.45, 2.75) is 44.5 Å². The van der Waals surface area contributed by atoms with Crippen molar-refractivity contribution in [2.24, 2.45) is 11.3 Å². The first kappa shape index (κ1) is 12.9. The Morgan fingerprint density at radius 3 is 2.80 bits per heavy atom. The van der Waals surface area contributed by atoms with Gasteiger partial charge in [0, 0.05) is 12.7 Å². The molecule has 0 spiro atoms. The van der Waals surface area contributed by atoms with Crippen LogP contribution in [0.15, 0.2) is 12.3 Å². The molecule has 0 amide bonds. The highest BCUT2D eigenvalue weighted by Gasteiger charge is 2.54. The molecule has 2 aliphatic carbocycles. The van der Waals surface area contributed by atoms with Crippen LogP contribution in [0, 0.1) is 11.3 Å². The van der Waals surface area contributed by atoms with Gasteiger partial charge in [-0.2, -0.15) is 0 Å². The van der Waals surface area contributed by atoms with Gasteiger partial charge >= 0.3 is 0 Å². The van der Waals surface area contributed by atoms with Crippen LogP contribution < -0.4 is 0 Å². The number of pyridine rings is 1. The fourth-order valence-electron chi connectivity index (χ4n) is 3.33. The van der Waals surface area contributed by atoms with Gasteiger partial charge in [-0.05, 0) is 50.0 Å². The Morgan fingerprint density at radius 2 is 2.20 bits per heavy atom. The molecule has 106 valence electrons. The molecule has 4 rings (SSSR count). The van der Waals surface area contributed by atoms with Crippen molar-refractivity contribution in [1.82, 2.24) is 14.5 Å². The van der Waals surface area contributed by atoms with Gasteiger partial charge in [0.25, 0.3) is 0 Å². The first-order valence-corrected chi connectivity index (χ1v) is 8.06. The Bertz CT molecular complexity index is 669. The number of fused-ring (bicyclic) bond motifs is 1. The lowest BCUT2D eigenvalue weighted by atomic mass is 10.0. The fraction of sp³-hybridized carbons (Fsp3) is 0.600. The van der Waals surface area contributed by atoms with E-state index in [9.17, 15) is 0 Å². The molecule has 5 heteroatoms. The molecule has 0 bridgehead atoms. The number of rotatable bonds is 4. The summed E-state index contributed by atoms with van der Waals surface area (Å²) < 4.78 is 2.23. The number of halogens is 2. The molecule has 0 N–H and O–H groups in total. The lowest BCUT2D eigenvalue weighted by Crippen LogP contribution is -2.16. The summed E-state index contributed by atoms with van der Waals surface area (Å²) in [6.07, 6.45) is 7.14. The molecule has 2 saturated carbocycles. The van der Waals surface area contributed by atoms with E-state index >= 15 is 0 Å². The maximum atomic E-state index is 6.32. The average Bonchev–Trinajstić information content (AvgIpc) is 3.27. The number of hydrogen-bond acceptors (Lipinski definition) is 2. The molecule has 0 saturated heterocycles. The smallest absolute Gasteiger partial charge is 0.160 e. The van der Waals surface area contributed by atoms with Gasteiger partial charge < -0.3 is 4.57 Å². The highest BCUT2D eigenvalue weighted by atomic mass is 35.5. The predicted octanol–water partition coefficient (Wildman–Crippen LogP) is 4.57. The summed E-state index contributed by atoms with van der Waals surface area (Å²) in [5.74, 6) is 1.83. The molecule has 3 nitrogen and oxygen atoms in total. The minimum absolute atomic E-state index is 0.113. The van der Waals surface area contributed by atoms with Crippen LogP contribution in [0.3, 0.4) is 0 Å². The topological polar surface area (TPSA) is 30.7 Å². The summed E-state index contributed by atoms with van der Waals surface area (Å²) >= 11 is 12.3. The summed E-state index contributed by atoms with van der Waals surface area (Å²) in [4.78, 5) is 9.13. The van der Waals surface area contributed by atoms with E-state index in [0.717, 1.165) is 29.5 Å². The zero-order valence-corrected chi connectivity index (χ0v) is 13.0. The quantitative estimate of drug-likeness (QED) is 0.774. The molecule has 2 aliphatic rings. The number of hydrogen-bond donors (Lipinski definition) is 0. The molecule has 1 unspecified atom stereocenters. The van der Waals surface area contributed by atoms with E-state index in [1.165, 1.54) is 25.7 Å². The van der Waals surface area contributed by atoms with E-state index < -0.39 is 0 Å². The van der Waals surface area contributed by atoms with Gasteiger partial charge in [-0.15, -0.1) is 11.6 Å². The van der Waals surface area contributed by atoms with Gasteiger partial charge in [0.15, 0.2) is 5.65 Å². The van der Waals surface area contributed by atoms with Crippen LogP contribution in [0.1, 0.15) is 43.8 Å². The van der Waals surface area contributed by atoms with Crippen molar-refractivity contribution in [2.75, 3.05) is 0 Å². The third-order valence-electron chi connectivity index (χ3n) is 4.75. The van der Waals surface area contributed by atoms with Crippen LogP contribution in [0.2, 0.25) is 5.02 Å². The van der Waals surface area contributed by atoms with Crippen LogP contribution in [-0.4, -0.2) is 14.5 Å². The van der Waals surface area contributed by atoms with Crippen LogP contribution in [0.5, 0.6) is 0 Å². The van der Waals surface area contributed by atoms with Gasteiger partial charge in [0.2, 0.25) is 0 Å². The van der Waals surface area contributed by atoms with Crippen molar-refractivity contribution in [3.8, 4) is 0 Å². The summed E-state index contributed by atoms with van der Waals surface area (Å²) in [7, 11) is 0. The van der Waals surface area contributed by atoms with Crippen molar-refractivity contribution in [3.63, 3.8) is 0 Å². The maximum Gasteiger partial charge on any atom is 0.160 e. The molecule has 20 heavy (non-hydrogen) atoms. The second-order valence-electron chi connectivity index (χ2n) is 6.31. The Morgan fingerprint density at radius 1 is 1.45 bits per heavy atom. The standard InChI is InChI=1S/C15H17Cl2N3/c1-9(16)13-19-12-6-11(17)7-18-14(12)20(13)8-15(4-5-15)10-2-3-10/h6-7,9-10H,2-5,8H2,1H3. The van der Waals surface area contributed by atoms with E-state index in [2.05, 4.69) is 14.5 Å². The molecular formula is C15H17Cl2N3. The molecule has 2 aromatic heterocycles. The second kappa shape index (κ2) is 4.35. The Kier molecular flexibility index (Phi) is 2.80. The zero-order chi connectivity index (χ0) is 13.9. The van der Waals surface area contributed by atoms with E-state index in [-0.39, 0.29) is 5.38 Å². The second-order valence-corrected chi connectivity index (χ2v) is 7.40. The lowest BCUT2D eigenvalue weighted by molar-refractivity contribution is 0.368. The van der Waals surface area contributed by atoms with Crippen LogP contribution in [0.25, 0.3) is 11.2 Å². The first-order valence-electron chi connectivity index (χ1n) is 7.25. The summed E-state index contributed by atoms with van der Waals surface area (Å²) in [6.45, 7) is 2.98. The minimum atomic E-state index is -0.113. The number of alkyl halides is 1. The molecule has 2 aromatic rings. The summed E-state index contributed by atoms with van der Waals surface area (Å²) in [6, 6.07) is 1.87. The average molecular weight is 310 g/mol. The molecule has 1 atom stereocenters. The van der Waals surface area contributed by atoms with E-state index in [4.69, 9.17) is 23.2 Å². The van der Waals surface area contributed by atoms with E-state index in [1.807, 2.05) is 13.0 Å². The monoisotopic (exact) mass is 309 g/mol. The predicted molar refractivity (Wildman–Crippen MR) is 81.2 cm³/mol. The minimum Gasteiger partial charge on any atom is -0.311 e. The number of imidazole rings is 1. The van der Waals surface area contributed by atoms with Crippen LogP contribution >= 0.6 is 23.2 Å². The molecule has 0 aromatic carbocycles. The number of aromatic nitrogens is 3. The van der Waals surface area contributed by atoms with Crippen LogP contribution in [0.4, 0.5) is 0 Å². The van der Waals surface area contributed by atoms with E-state index in [1.54, 1.807) is 6.20 Å². The summed E-state index contributed by atoms with van der Waals surface area (Å²) in [5, 5.41) is 0.511. The molecule has 2 fully saturated rings.